The molecular formula is C20H24N4O3. The van der Waals surface area contributed by atoms with Gasteiger partial charge in [0.05, 0.1) is 0 Å². The summed E-state index contributed by atoms with van der Waals surface area (Å²) in [7, 11) is 0. The van der Waals surface area contributed by atoms with Crippen LogP contribution in [0.5, 0.6) is 0 Å². The van der Waals surface area contributed by atoms with E-state index in [1.807, 2.05) is 12.1 Å². The Balaban J connectivity index is 1.26. The fraction of sp³-hybridized carbons (Fsp3) is 0.550. The van der Waals surface area contributed by atoms with Gasteiger partial charge in [-0.1, -0.05) is 12.1 Å². The van der Waals surface area contributed by atoms with Crippen LogP contribution in [0.4, 0.5) is 0 Å². The number of piperidine rings is 2. The van der Waals surface area contributed by atoms with Crippen LogP contribution in [0.15, 0.2) is 18.2 Å². The van der Waals surface area contributed by atoms with Crippen molar-refractivity contribution in [3.8, 4) is 0 Å². The maximum Gasteiger partial charge on any atom is 0.255 e. The van der Waals surface area contributed by atoms with Crippen LogP contribution in [0.2, 0.25) is 0 Å². The van der Waals surface area contributed by atoms with Gasteiger partial charge in [-0.2, -0.15) is 0 Å². The highest BCUT2D eigenvalue weighted by Gasteiger charge is 2.45. The van der Waals surface area contributed by atoms with Gasteiger partial charge < -0.3 is 15.5 Å². The second-order valence-electron chi connectivity index (χ2n) is 8.13. The molecule has 3 N–H and O–H groups in total. The number of benzene rings is 1. The minimum absolute atomic E-state index is 0.106. The molecule has 0 radical (unpaired) electrons. The monoisotopic (exact) mass is 368 g/mol. The molecular weight excluding hydrogens is 344 g/mol. The number of amides is 3. The smallest absolute Gasteiger partial charge is 0.255 e. The largest absolute Gasteiger partial charge is 0.322 e. The van der Waals surface area contributed by atoms with E-state index in [4.69, 9.17) is 0 Å². The summed E-state index contributed by atoms with van der Waals surface area (Å²) < 4.78 is 0. The zero-order valence-corrected chi connectivity index (χ0v) is 15.2. The van der Waals surface area contributed by atoms with Crippen molar-refractivity contribution in [1.29, 1.82) is 0 Å². The Morgan fingerprint density at radius 1 is 1.19 bits per heavy atom. The summed E-state index contributed by atoms with van der Waals surface area (Å²) >= 11 is 0. The zero-order valence-electron chi connectivity index (χ0n) is 15.2. The molecule has 0 aromatic heterocycles. The average Bonchev–Trinajstić information content (AvgIpc) is 3.39. The molecule has 3 aliphatic heterocycles. The van der Waals surface area contributed by atoms with Crippen LogP contribution in [-0.4, -0.2) is 47.3 Å². The maximum atomic E-state index is 12.9. The molecule has 1 saturated carbocycles. The third kappa shape index (κ3) is 3.04. The number of hydrogen-bond donors (Lipinski definition) is 3. The first-order valence-corrected chi connectivity index (χ1v) is 9.83. The van der Waals surface area contributed by atoms with Gasteiger partial charge in [-0.25, -0.2) is 0 Å². The molecule has 3 fully saturated rings. The van der Waals surface area contributed by atoms with Gasteiger partial charge in [0.25, 0.3) is 5.91 Å². The molecule has 1 aromatic carbocycles. The van der Waals surface area contributed by atoms with E-state index in [9.17, 15) is 14.4 Å². The van der Waals surface area contributed by atoms with E-state index in [0.717, 1.165) is 36.6 Å². The van der Waals surface area contributed by atoms with E-state index in [0.29, 0.717) is 30.6 Å². The van der Waals surface area contributed by atoms with Gasteiger partial charge in [0.1, 0.15) is 6.04 Å². The van der Waals surface area contributed by atoms with Crippen molar-refractivity contribution in [2.45, 2.75) is 56.9 Å². The quantitative estimate of drug-likeness (QED) is 0.665. The molecule has 4 aliphatic rings. The Bertz CT molecular complexity index is 823. The van der Waals surface area contributed by atoms with E-state index < -0.39 is 6.04 Å². The molecule has 142 valence electrons. The molecule has 2 saturated heterocycles. The van der Waals surface area contributed by atoms with Crippen molar-refractivity contribution >= 4 is 17.7 Å². The second-order valence-corrected chi connectivity index (χ2v) is 8.13. The summed E-state index contributed by atoms with van der Waals surface area (Å²) in [5.41, 5.74) is 2.74. The summed E-state index contributed by atoms with van der Waals surface area (Å²) in [4.78, 5) is 38.0. The summed E-state index contributed by atoms with van der Waals surface area (Å²) in [6.07, 6.45) is 3.09. The molecule has 7 heteroatoms. The predicted molar refractivity (Wildman–Crippen MR) is 97.6 cm³/mol. The summed E-state index contributed by atoms with van der Waals surface area (Å²) in [6.45, 7) is 2.27. The van der Waals surface area contributed by atoms with Crippen LogP contribution in [0.1, 0.15) is 47.2 Å². The predicted octanol–water partition coefficient (Wildman–Crippen LogP) is 0.288. The van der Waals surface area contributed by atoms with Crippen LogP contribution in [-0.2, 0) is 22.7 Å². The average molecular weight is 368 g/mol. The number of carbonyl (C=O) groups excluding carboxylic acids is 3. The van der Waals surface area contributed by atoms with Gasteiger partial charge in [-0.15, -0.1) is 0 Å². The van der Waals surface area contributed by atoms with E-state index in [1.54, 1.807) is 4.90 Å². The number of nitrogens with one attached hydrogen (secondary N) is 3. The van der Waals surface area contributed by atoms with E-state index in [1.165, 1.54) is 6.42 Å². The number of imide groups is 1. The Morgan fingerprint density at radius 3 is 2.93 bits per heavy atom. The summed E-state index contributed by atoms with van der Waals surface area (Å²) in [5, 5.41) is 9.52. The standard InChI is InChI=1S/C20H24N4O3/c25-18-4-3-17(19(26)23-18)24-10-12-2-1-11(7-13(12)20(24)27)9-22-15-5-6-21-16-8-14(15)16/h1-2,7,14-17,21-22H,3-6,8-10H2,(H,23,25,26)/t14-,15-,16-,17?/m1/s1. The number of carbonyl (C=O) groups is 3. The van der Waals surface area contributed by atoms with Crippen molar-refractivity contribution in [1.82, 2.24) is 20.9 Å². The normalized spacial score (nSPS) is 32.1. The van der Waals surface area contributed by atoms with Gasteiger partial charge in [0.15, 0.2) is 0 Å². The van der Waals surface area contributed by atoms with Crippen LogP contribution in [0.3, 0.4) is 0 Å². The topological polar surface area (TPSA) is 90.5 Å². The fourth-order valence-corrected chi connectivity index (χ4v) is 4.75. The maximum absolute atomic E-state index is 12.9. The first-order chi connectivity index (χ1) is 13.1. The molecule has 3 heterocycles. The number of hydrogen-bond acceptors (Lipinski definition) is 5. The number of fused-ring (bicyclic) bond motifs is 2. The van der Waals surface area contributed by atoms with Crippen molar-refractivity contribution < 1.29 is 14.4 Å². The van der Waals surface area contributed by atoms with Crippen molar-refractivity contribution in [3.63, 3.8) is 0 Å². The highest BCUT2D eigenvalue weighted by molar-refractivity contribution is 6.05. The number of nitrogens with zero attached hydrogens (tertiary/aromatic N) is 1. The molecule has 27 heavy (non-hydrogen) atoms. The second kappa shape index (κ2) is 6.42. The molecule has 0 bridgehead atoms. The molecule has 4 atom stereocenters. The van der Waals surface area contributed by atoms with E-state index >= 15 is 0 Å². The van der Waals surface area contributed by atoms with Gasteiger partial charge >= 0.3 is 0 Å². The van der Waals surface area contributed by atoms with Crippen LogP contribution < -0.4 is 16.0 Å². The van der Waals surface area contributed by atoms with Gasteiger partial charge in [-0.05, 0) is 48.9 Å². The summed E-state index contributed by atoms with van der Waals surface area (Å²) in [6, 6.07) is 6.73. The molecule has 7 nitrogen and oxygen atoms in total. The molecule has 1 unspecified atom stereocenters. The van der Waals surface area contributed by atoms with Crippen LogP contribution in [0, 0.1) is 5.92 Å². The molecule has 1 aromatic rings. The molecule has 0 spiro atoms. The minimum Gasteiger partial charge on any atom is -0.322 e. The molecule has 5 rings (SSSR count). The van der Waals surface area contributed by atoms with E-state index in [-0.39, 0.29) is 24.1 Å². The Labute approximate surface area is 157 Å². The molecule has 3 amide bonds. The third-order valence-corrected chi connectivity index (χ3v) is 6.38. The van der Waals surface area contributed by atoms with Gasteiger partial charge in [0.2, 0.25) is 11.8 Å². The lowest BCUT2D eigenvalue weighted by atomic mass is 10.0. The van der Waals surface area contributed by atoms with Gasteiger partial charge in [-0.3, -0.25) is 19.7 Å². The lowest BCUT2D eigenvalue weighted by Crippen LogP contribution is -2.52. The Morgan fingerprint density at radius 2 is 2.07 bits per heavy atom. The minimum atomic E-state index is -0.550. The molecule has 1 aliphatic carbocycles. The fourth-order valence-electron chi connectivity index (χ4n) is 4.75. The lowest BCUT2D eigenvalue weighted by molar-refractivity contribution is -0.136. The Hall–Kier alpha value is -2.25. The SMILES string of the molecule is O=C1CCC(N2Cc3ccc(CN[C@@H]4CCN[C@@H]5C[C@H]45)cc3C2=O)C(=O)N1. The first kappa shape index (κ1) is 16.9. The van der Waals surface area contributed by atoms with Gasteiger partial charge in [0, 0.05) is 37.2 Å². The van der Waals surface area contributed by atoms with Crippen LogP contribution >= 0.6 is 0 Å². The Kier molecular flexibility index (Phi) is 4.02. The van der Waals surface area contributed by atoms with Crippen LogP contribution in [0.25, 0.3) is 0 Å². The lowest BCUT2D eigenvalue weighted by Gasteiger charge is -2.29. The van der Waals surface area contributed by atoms with Crippen molar-refractivity contribution in [2.75, 3.05) is 6.54 Å². The summed E-state index contributed by atoms with van der Waals surface area (Å²) in [5.74, 6) is 0.0204. The highest BCUT2D eigenvalue weighted by Crippen LogP contribution is 2.38. The first-order valence-electron chi connectivity index (χ1n) is 9.83. The highest BCUT2D eigenvalue weighted by atomic mass is 16.2. The van der Waals surface area contributed by atoms with Crippen molar-refractivity contribution in [2.24, 2.45) is 5.92 Å². The van der Waals surface area contributed by atoms with Crippen molar-refractivity contribution in [3.05, 3.63) is 34.9 Å². The van der Waals surface area contributed by atoms with E-state index in [2.05, 4.69) is 22.0 Å². The third-order valence-electron chi connectivity index (χ3n) is 6.38. The zero-order chi connectivity index (χ0) is 18.5. The number of rotatable bonds is 4.